The summed E-state index contributed by atoms with van der Waals surface area (Å²) in [4.78, 5) is 4.15. The van der Waals surface area contributed by atoms with Crippen molar-refractivity contribution in [2.24, 2.45) is 0 Å². The van der Waals surface area contributed by atoms with E-state index in [0.717, 1.165) is 5.56 Å². The van der Waals surface area contributed by atoms with Crippen LogP contribution in [0.25, 0.3) is 10.8 Å². The van der Waals surface area contributed by atoms with Crippen LogP contribution in [-0.4, -0.2) is 21.8 Å². The smallest absolute Gasteiger partial charge is 0.339 e. The first-order chi connectivity index (χ1) is 15.3. The second-order valence-electron chi connectivity index (χ2n) is 7.10. The van der Waals surface area contributed by atoms with Crippen LogP contribution in [0.3, 0.4) is 0 Å². The van der Waals surface area contributed by atoms with Gasteiger partial charge in [0.15, 0.2) is 5.75 Å². The van der Waals surface area contributed by atoms with Crippen molar-refractivity contribution in [3.05, 3.63) is 96.3 Å². The molecule has 164 valence electrons. The highest BCUT2D eigenvalue weighted by molar-refractivity contribution is 7.89. The topological polar surface area (TPSA) is 102 Å². The second-order valence-corrected chi connectivity index (χ2v) is 10.4. The Morgan fingerprint density at radius 1 is 0.812 bits per heavy atom. The number of nitrogens with one attached hydrogen (secondary N) is 1. The molecule has 0 unspecified atom stereocenters. The summed E-state index contributed by atoms with van der Waals surface area (Å²) in [5, 5.41) is 0.710. The lowest BCUT2D eigenvalue weighted by molar-refractivity contribution is 0.488. The average molecular weight is 469 g/mol. The van der Waals surface area contributed by atoms with Gasteiger partial charge in [0.25, 0.3) is 0 Å². The second kappa shape index (κ2) is 8.70. The Kier molecular flexibility index (Phi) is 5.96. The number of hydrogen-bond acceptors (Lipinski definition) is 6. The van der Waals surface area contributed by atoms with E-state index in [1.165, 1.54) is 24.3 Å². The van der Waals surface area contributed by atoms with Crippen LogP contribution < -0.4 is 8.91 Å². The van der Waals surface area contributed by atoms with Gasteiger partial charge in [-0.1, -0.05) is 48.0 Å². The molecule has 0 amide bonds. The third-order valence-electron chi connectivity index (χ3n) is 4.81. The molecule has 4 aromatic rings. The summed E-state index contributed by atoms with van der Waals surface area (Å²) in [5.74, 6) is 0.0462. The van der Waals surface area contributed by atoms with Crippen LogP contribution in [0.2, 0.25) is 0 Å². The summed E-state index contributed by atoms with van der Waals surface area (Å²) >= 11 is 0. The van der Waals surface area contributed by atoms with Gasteiger partial charge in [0.05, 0.1) is 17.1 Å². The molecule has 32 heavy (non-hydrogen) atoms. The highest BCUT2D eigenvalue weighted by Crippen LogP contribution is 2.32. The summed E-state index contributed by atoms with van der Waals surface area (Å²) in [6.07, 6.45) is 1.58. The molecule has 0 saturated carbocycles. The molecule has 0 bridgehead atoms. The predicted molar refractivity (Wildman–Crippen MR) is 121 cm³/mol. The Morgan fingerprint density at radius 2 is 1.53 bits per heavy atom. The fourth-order valence-electron chi connectivity index (χ4n) is 3.18. The van der Waals surface area contributed by atoms with Crippen molar-refractivity contribution < 1.29 is 21.0 Å². The summed E-state index contributed by atoms with van der Waals surface area (Å²) in [7, 11) is -7.99. The molecular weight excluding hydrogens is 448 g/mol. The number of fused-ring (bicyclic) bond motifs is 1. The van der Waals surface area contributed by atoms with Crippen LogP contribution in [0.1, 0.15) is 11.3 Å². The van der Waals surface area contributed by atoms with Crippen molar-refractivity contribution in [2.45, 2.75) is 23.3 Å². The zero-order valence-electron chi connectivity index (χ0n) is 17.1. The highest BCUT2D eigenvalue weighted by atomic mass is 32.2. The molecule has 7 nitrogen and oxygen atoms in total. The Bertz CT molecular complexity index is 1470. The van der Waals surface area contributed by atoms with Crippen LogP contribution in [0, 0.1) is 6.92 Å². The lowest BCUT2D eigenvalue weighted by atomic mass is 10.1. The number of aryl methyl sites for hydroxylation is 1. The standard InChI is InChI=1S/C23H20N2O5S2/c1-17-11-13-19(14-12-17)32(28,29)30-22-9-4-8-21-20(22)7-5-10-23(21)31(26,27)25-16-18-6-2-3-15-24-18/h2-15,25H,16H2,1H3. The summed E-state index contributed by atoms with van der Waals surface area (Å²) < 4.78 is 59.3. The molecule has 0 atom stereocenters. The number of pyridine rings is 1. The van der Waals surface area contributed by atoms with Gasteiger partial charge in [-0.25, -0.2) is 13.1 Å². The van der Waals surface area contributed by atoms with Gasteiger partial charge in [-0.3, -0.25) is 4.98 Å². The van der Waals surface area contributed by atoms with E-state index in [2.05, 4.69) is 9.71 Å². The molecule has 0 aliphatic rings. The number of benzene rings is 3. The van der Waals surface area contributed by atoms with E-state index in [9.17, 15) is 16.8 Å². The van der Waals surface area contributed by atoms with Crippen molar-refractivity contribution in [3.8, 4) is 5.75 Å². The van der Waals surface area contributed by atoms with E-state index >= 15 is 0 Å². The first-order valence-corrected chi connectivity index (χ1v) is 12.6. The van der Waals surface area contributed by atoms with Gasteiger partial charge >= 0.3 is 10.1 Å². The third kappa shape index (κ3) is 4.64. The minimum Gasteiger partial charge on any atom is -0.378 e. The molecule has 1 heterocycles. The Hall–Kier alpha value is -3.27. The molecule has 1 aromatic heterocycles. The van der Waals surface area contributed by atoms with Crippen LogP contribution in [-0.2, 0) is 26.7 Å². The zero-order chi connectivity index (χ0) is 22.8. The molecule has 3 aromatic carbocycles. The van der Waals surface area contributed by atoms with Crippen molar-refractivity contribution >= 4 is 30.9 Å². The maximum absolute atomic E-state index is 13.0. The van der Waals surface area contributed by atoms with Gasteiger partial charge < -0.3 is 4.18 Å². The van der Waals surface area contributed by atoms with E-state index in [-0.39, 0.29) is 22.1 Å². The number of nitrogens with zero attached hydrogens (tertiary/aromatic N) is 1. The predicted octanol–water partition coefficient (Wildman–Crippen LogP) is 3.79. The molecule has 4 rings (SSSR count). The van der Waals surface area contributed by atoms with Gasteiger partial charge in [0, 0.05) is 17.0 Å². The maximum Gasteiger partial charge on any atom is 0.339 e. The van der Waals surface area contributed by atoms with E-state index in [1.54, 1.807) is 60.8 Å². The van der Waals surface area contributed by atoms with Crippen molar-refractivity contribution in [3.63, 3.8) is 0 Å². The summed E-state index contributed by atoms with van der Waals surface area (Å²) in [5.41, 5.74) is 1.49. The van der Waals surface area contributed by atoms with Crippen LogP contribution in [0.5, 0.6) is 5.75 Å². The molecule has 0 radical (unpaired) electrons. The molecule has 9 heteroatoms. The minimum absolute atomic E-state index is 0.0147. The molecule has 0 aliphatic heterocycles. The van der Waals surface area contributed by atoms with Gasteiger partial charge in [-0.2, -0.15) is 8.42 Å². The monoisotopic (exact) mass is 468 g/mol. The molecule has 0 fully saturated rings. The maximum atomic E-state index is 13.0. The van der Waals surface area contributed by atoms with Crippen LogP contribution in [0.15, 0.2) is 94.9 Å². The van der Waals surface area contributed by atoms with E-state index < -0.39 is 20.1 Å². The van der Waals surface area contributed by atoms with Crippen molar-refractivity contribution in [1.29, 1.82) is 0 Å². The molecule has 0 spiro atoms. The number of aromatic nitrogens is 1. The summed E-state index contributed by atoms with van der Waals surface area (Å²) in [6, 6.07) is 20.8. The number of sulfonamides is 1. The van der Waals surface area contributed by atoms with E-state index in [0.29, 0.717) is 16.5 Å². The van der Waals surface area contributed by atoms with Crippen molar-refractivity contribution in [2.75, 3.05) is 0 Å². The fourth-order valence-corrected chi connectivity index (χ4v) is 5.35. The van der Waals surface area contributed by atoms with Crippen LogP contribution >= 0.6 is 0 Å². The van der Waals surface area contributed by atoms with Gasteiger partial charge in [-0.15, -0.1) is 0 Å². The lowest BCUT2D eigenvalue weighted by Crippen LogP contribution is -2.24. The first-order valence-electron chi connectivity index (χ1n) is 9.69. The first kappa shape index (κ1) is 21.9. The number of rotatable bonds is 7. The SMILES string of the molecule is Cc1ccc(S(=O)(=O)Oc2cccc3c(S(=O)(=O)NCc4ccccn4)cccc23)cc1. The molecule has 0 aliphatic carbocycles. The van der Waals surface area contributed by atoms with E-state index in [1.807, 2.05) is 6.92 Å². The highest BCUT2D eigenvalue weighted by Gasteiger charge is 2.21. The Morgan fingerprint density at radius 3 is 2.25 bits per heavy atom. The Balaban J connectivity index is 1.69. The van der Waals surface area contributed by atoms with E-state index in [4.69, 9.17) is 4.18 Å². The average Bonchev–Trinajstić information content (AvgIpc) is 2.78. The summed E-state index contributed by atoms with van der Waals surface area (Å²) in [6.45, 7) is 1.88. The lowest BCUT2D eigenvalue weighted by Gasteiger charge is -2.13. The largest absolute Gasteiger partial charge is 0.378 e. The quantitative estimate of drug-likeness (QED) is 0.414. The zero-order valence-corrected chi connectivity index (χ0v) is 18.7. The third-order valence-corrected chi connectivity index (χ3v) is 7.52. The minimum atomic E-state index is -4.09. The molecule has 0 saturated heterocycles. The van der Waals surface area contributed by atoms with Gasteiger partial charge in [-0.05, 0) is 43.3 Å². The molecular formula is C23H20N2O5S2. The Labute approximate surface area is 186 Å². The van der Waals surface area contributed by atoms with Gasteiger partial charge in [0.1, 0.15) is 4.90 Å². The normalized spacial score (nSPS) is 12.0. The van der Waals surface area contributed by atoms with Gasteiger partial charge in [0.2, 0.25) is 10.0 Å². The van der Waals surface area contributed by atoms with Crippen molar-refractivity contribution in [1.82, 2.24) is 9.71 Å². The van der Waals surface area contributed by atoms with Crippen LogP contribution in [0.4, 0.5) is 0 Å². The number of hydrogen-bond donors (Lipinski definition) is 1. The molecule has 1 N–H and O–H groups in total. The fraction of sp³-hybridized carbons (Fsp3) is 0.0870.